The predicted octanol–water partition coefficient (Wildman–Crippen LogP) is 3.70. The van der Waals surface area contributed by atoms with Crippen LogP contribution in [-0.2, 0) is 6.18 Å². The molecule has 1 amide bonds. The molecule has 5 nitrogen and oxygen atoms in total. The highest BCUT2D eigenvalue weighted by atomic mass is 35.5. The number of carbonyl (C=O) groups excluding carboxylic acids is 1. The summed E-state index contributed by atoms with van der Waals surface area (Å²) in [6, 6.07) is 4.89. The highest BCUT2D eigenvalue weighted by Gasteiger charge is 2.41. The van der Waals surface area contributed by atoms with Crippen LogP contribution in [0.2, 0.25) is 0 Å². The van der Waals surface area contributed by atoms with E-state index in [1.54, 1.807) is 0 Å². The van der Waals surface area contributed by atoms with E-state index in [-0.39, 0.29) is 19.0 Å². The Morgan fingerprint density at radius 3 is 2.33 bits per heavy atom. The monoisotopic (exact) mass is 408 g/mol. The molecule has 0 radical (unpaired) electrons. The summed E-state index contributed by atoms with van der Waals surface area (Å²) in [7, 11) is 0. The fourth-order valence-corrected chi connectivity index (χ4v) is 2.45. The van der Waals surface area contributed by atoms with E-state index in [0.29, 0.717) is 17.5 Å². The first-order chi connectivity index (χ1) is 12.1. The van der Waals surface area contributed by atoms with Gasteiger partial charge in [-0.15, -0.1) is 12.4 Å². The number of para-hydroxylation sites is 1. The lowest BCUT2D eigenvalue weighted by Crippen LogP contribution is -2.49. The maximum absolute atomic E-state index is 13.9. The molecule has 1 heterocycles. The molecule has 0 saturated heterocycles. The van der Waals surface area contributed by atoms with Crippen LogP contribution in [0.15, 0.2) is 30.5 Å². The Bertz CT molecular complexity index is 787. The molecule has 0 saturated carbocycles. The fourth-order valence-electron chi connectivity index (χ4n) is 2.45. The van der Waals surface area contributed by atoms with Gasteiger partial charge in [0.2, 0.25) is 0 Å². The Morgan fingerprint density at radius 1 is 1.22 bits per heavy atom. The molecule has 2 rings (SSSR count). The van der Waals surface area contributed by atoms with Crippen molar-refractivity contribution in [3.8, 4) is 5.69 Å². The van der Waals surface area contributed by atoms with Gasteiger partial charge in [-0.05, 0) is 25.0 Å². The number of hydrogen-bond acceptors (Lipinski definition) is 3. The zero-order valence-corrected chi connectivity index (χ0v) is 15.6. The first kappa shape index (κ1) is 22.9. The number of nitrogens with zero attached hydrogens (tertiary/aromatic N) is 2. The van der Waals surface area contributed by atoms with Crippen LogP contribution in [0.1, 0.15) is 42.7 Å². The minimum absolute atomic E-state index is 0. The van der Waals surface area contributed by atoms with Crippen molar-refractivity contribution in [3.63, 3.8) is 0 Å². The zero-order valence-electron chi connectivity index (χ0n) is 14.8. The van der Waals surface area contributed by atoms with Gasteiger partial charge in [-0.1, -0.05) is 26.0 Å². The van der Waals surface area contributed by atoms with E-state index < -0.39 is 40.4 Å². The zero-order chi connectivity index (χ0) is 19.5. The summed E-state index contributed by atoms with van der Waals surface area (Å²) >= 11 is 0. The lowest BCUT2D eigenvalue weighted by Gasteiger charge is -2.26. The van der Waals surface area contributed by atoms with Crippen molar-refractivity contribution < 1.29 is 22.4 Å². The largest absolute Gasteiger partial charge is 0.434 e. The molecule has 0 aliphatic rings. The molecule has 2 aromatic rings. The molecule has 0 aliphatic carbocycles. The van der Waals surface area contributed by atoms with Crippen LogP contribution in [0.5, 0.6) is 0 Å². The van der Waals surface area contributed by atoms with Gasteiger partial charge in [0.15, 0.2) is 5.69 Å². The summed E-state index contributed by atoms with van der Waals surface area (Å²) in [6.45, 7) is 3.67. The van der Waals surface area contributed by atoms with Gasteiger partial charge in [-0.2, -0.15) is 18.3 Å². The fraction of sp³-hybridized carbons (Fsp3) is 0.412. The summed E-state index contributed by atoms with van der Waals surface area (Å²) in [6.07, 6.45) is -3.03. The molecule has 0 atom stereocenters. The van der Waals surface area contributed by atoms with Crippen LogP contribution >= 0.6 is 12.4 Å². The molecule has 150 valence electrons. The van der Waals surface area contributed by atoms with Crippen molar-refractivity contribution in [1.29, 1.82) is 0 Å². The van der Waals surface area contributed by atoms with E-state index in [1.165, 1.54) is 12.1 Å². The third kappa shape index (κ3) is 4.98. The van der Waals surface area contributed by atoms with E-state index in [2.05, 4.69) is 10.4 Å². The molecular formula is C17H21ClF4N4O. The quantitative estimate of drug-likeness (QED) is 0.716. The highest BCUT2D eigenvalue weighted by Crippen LogP contribution is 2.34. The van der Waals surface area contributed by atoms with E-state index in [9.17, 15) is 22.4 Å². The predicted molar refractivity (Wildman–Crippen MR) is 95.6 cm³/mol. The van der Waals surface area contributed by atoms with Crippen molar-refractivity contribution in [2.24, 2.45) is 5.73 Å². The number of nitrogens with two attached hydrogens (primary N) is 1. The molecule has 0 aliphatic heterocycles. The minimum Gasteiger partial charge on any atom is -0.350 e. The van der Waals surface area contributed by atoms with Gasteiger partial charge in [0, 0.05) is 12.1 Å². The number of benzene rings is 1. The van der Waals surface area contributed by atoms with Crippen molar-refractivity contribution in [3.05, 3.63) is 47.5 Å². The van der Waals surface area contributed by atoms with Crippen LogP contribution in [0.4, 0.5) is 17.6 Å². The highest BCUT2D eigenvalue weighted by molar-refractivity contribution is 5.95. The standard InChI is InChI=1S/C17H20F4N4O.ClH/c1-3-16(22,4-2)10-23-15(26)11-9-24-25(14(11)17(19,20)21)13-8-6-5-7-12(13)18;/h5-9H,3-4,10,22H2,1-2H3,(H,23,26);1H. The van der Waals surface area contributed by atoms with Crippen LogP contribution in [-0.4, -0.2) is 27.8 Å². The Labute approximate surface area is 160 Å². The van der Waals surface area contributed by atoms with Gasteiger partial charge in [0.25, 0.3) is 5.91 Å². The molecule has 0 spiro atoms. The lowest BCUT2D eigenvalue weighted by atomic mass is 9.94. The second-order valence-corrected chi connectivity index (χ2v) is 6.02. The van der Waals surface area contributed by atoms with Crippen LogP contribution in [0, 0.1) is 5.82 Å². The van der Waals surface area contributed by atoms with Gasteiger partial charge in [0.1, 0.15) is 11.5 Å². The van der Waals surface area contributed by atoms with Gasteiger partial charge >= 0.3 is 6.18 Å². The average molecular weight is 409 g/mol. The summed E-state index contributed by atoms with van der Waals surface area (Å²) < 4.78 is 54.9. The van der Waals surface area contributed by atoms with Crippen molar-refractivity contribution >= 4 is 18.3 Å². The number of nitrogens with one attached hydrogen (secondary N) is 1. The van der Waals surface area contributed by atoms with Crippen molar-refractivity contribution in [2.45, 2.75) is 38.4 Å². The minimum atomic E-state index is -4.90. The maximum Gasteiger partial charge on any atom is 0.434 e. The van der Waals surface area contributed by atoms with Crippen LogP contribution in [0.25, 0.3) is 5.69 Å². The van der Waals surface area contributed by atoms with Gasteiger partial charge in [-0.3, -0.25) is 4.79 Å². The van der Waals surface area contributed by atoms with Gasteiger partial charge < -0.3 is 11.1 Å². The third-order valence-corrected chi connectivity index (χ3v) is 4.37. The van der Waals surface area contributed by atoms with Gasteiger partial charge in [0.05, 0.1) is 11.8 Å². The van der Waals surface area contributed by atoms with Crippen LogP contribution in [0.3, 0.4) is 0 Å². The molecule has 3 N–H and O–H groups in total. The van der Waals surface area contributed by atoms with Crippen LogP contribution < -0.4 is 11.1 Å². The summed E-state index contributed by atoms with van der Waals surface area (Å²) in [5.41, 5.74) is 2.93. The Kier molecular flexibility index (Phi) is 7.39. The first-order valence-corrected chi connectivity index (χ1v) is 8.10. The van der Waals surface area contributed by atoms with Crippen molar-refractivity contribution in [2.75, 3.05) is 6.54 Å². The van der Waals surface area contributed by atoms with Gasteiger partial charge in [-0.25, -0.2) is 9.07 Å². The van der Waals surface area contributed by atoms with E-state index in [0.717, 1.165) is 18.3 Å². The Balaban J connectivity index is 0.00000364. The first-order valence-electron chi connectivity index (χ1n) is 8.10. The normalized spacial score (nSPS) is 11.8. The SMILES string of the molecule is CCC(N)(CC)CNC(=O)c1cnn(-c2ccccc2F)c1C(F)(F)F.Cl. The summed E-state index contributed by atoms with van der Waals surface area (Å²) in [4.78, 5) is 12.3. The molecule has 0 unspecified atom stereocenters. The number of rotatable bonds is 6. The molecule has 10 heteroatoms. The molecule has 1 aromatic heterocycles. The van der Waals surface area contributed by atoms with E-state index in [1.807, 2.05) is 13.8 Å². The van der Waals surface area contributed by atoms with Crippen molar-refractivity contribution in [1.82, 2.24) is 15.1 Å². The third-order valence-electron chi connectivity index (χ3n) is 4.37. The Hall–Kier alpha value is -2.13. The molecule has 27 heavy (non-hydrogen) atoms. The number of alkyl halides is 3. The maximum atomic E-state index is 13.9. The lowest BCUT2D eigenvalue weighted by molar-refractivity contribution is -0.143. The number of hydrogen-bond donors (Lipinski definition) is 2. The summed E-state index contributed by atoms with van der Waals surface area (Å²) in [5, 5.41) is 6.01. The van der Waals surface area contributed by atoms with E-state index in [4.69, 9.17) is 5.73 Å². The average Bonchev–Trinajstić information content (AvgIpc) is 3.05. The van der Waals surface area contributed by atoms with E-state index >= 15 is 0 Å². The molecule has 0 fully saturated rings. The second-order valence-electron chi connectivity index (χ2n) is 6.02. The molecular weight excluding hydrogens is 388 g/mol. The topological polar surface area (TPSA) is 72.9 Å². The molecule has 0 bridgehead atoms. The Morgan fingerprint density at radius 2 is 1.81 bits per heavy atom. The smallest absolute Gasteiger partial charge is 0.350 e. The number of carbonyl (C=O) groups is 1. The number of aromatic nitrogens is 2. The summed E-state index contributed by atoms with van der Waals surface area (Å²) in [5.74, 6) is -1.84. The number of amides is 1. The molecule has 1 aromatic carbocycles. The second kappa shape index (κ2) is 8.71. The number of halogens is 5.